The number of likely N-dealkylation sites (N-methyl/N-ethyl adjacent to an activating group) is 1. The Labute approximate surface area is 107 Å². The third-order valence-corrected chi connectivity index (χ3v) is 3.18. The van der Waals surface area contributed by atoms with Crippen molar-refractivity contribution in [2.75, 3.05) is 27.2 Å². The van der Waals surface area contributed by atoms with Gasteiger partial charge in [-0.1, -0.05) is 12.1 Å². The maximum absolute atomic E-state index is 12.1. The molecule has 0 radical (unpaired) electrons. The fourth-order valence-corrected chi connectivity index (χ4v) is 2.24. The van der Waals surface area contributed by atoms with Crippen LogP contribution < -0.4 is 4.74 Å². The molecule has 1 fully saturated rings. The van der Waals surface area contributed by atoms with E-state index in [1.165, 1.54) is 0 Å². The molecule has 1 heterocycles. The van der Waals surface area contributed by atoms with E-state index >= 15 is 0 Å². The average molecular weight is 249 g/mol. The molecule has 1 aromatic carbocycles. The Morgan fingerprint density at radius 3 is 2.89 bits per heavy atom. The molecule has 1 aromatic rings. The number of ether oxygens (including phenoxy) is 2. The van der Waals surface area contributed by atoms with Gasteiger partial charge >= 0.3 is 5.97 Å². The summed E-state index contributed by atoms with van der Waals surface area (Å²) in [6, 6.07) is 7.15. The van der Waals surface area contributed by atoms with Crippen LogP contribution in [0, 0.1) is 0 Å². The van der Waals surface area contributed by atoms with E-state index in [2.05, 4.69) is 4.90 Å². The van der Waals surface area contributed by atoms with Crippen LogP contribution in [0.5, 0.6) is 5.75 Å². The van der Waals surface area contributed by atoms with Crippen molar-refractivity contribution in [1.82, 2.24) is 4.90 Å². The Balaban J connectivity index is 2.03. The normalized spacial score (nSPS) is 20.4. The van der Waals surface area contributed by atoms with Crippen molar-refractivity contribution in [2.45, 2.75) is 18.9 Å². The molecule has 0 aliphatic carbocycles. The zero-order valence-corrected chi connectivity index (χ0v) is 10.9. The number of nitrogens with zero attached hydrogens (tertiary/aromatic N) is 1. The molecule has 0 spiro atoms. The van der Waals surface area contributed by atoms with Crippen LogP contribution in [-0.4, -0.2) is 44.2 Å². The molecule has 0 bridgehead atoms. The van der Waals surface area contributed by atoms with E-state index in [-0.39, 0.29) is 12.1 Å². The van der Waals surface area contributed by atoms with Crippen molar-refractivity contribution < 1.29 is 14.3 Å². The molecule has 1 aliphatic heterocycles. The van der Waals surface area contributed by atoms with Gasteiger partial charge in [0.1, 0.15) is 17.4 Å². The summed E-state index contributed by atoms with van der Waals surface area (Å²) in [5, 5.41) is 0. The monoisotopic (exact) mass is 249 g/mol. The van der Waals surface area contributed by atoms with Crippen LogP contribution in [0.3, 0.4) is 0 Å². The van der Waals surface area contributed by atoms with Crippen molar-refractivity contribution >= 4 is 5.97 Å². The molecule has 18 heavy (non-hydrogen) atoms. The Bertz CT molecular complexity index is 419. The van der Waals surface area contributed by atoms with Gasteiger partial charge < -0.3 is 14.4 Å². The number of rotatable bonds is 3. The van der Waals surface area contributed by atoms with E-state index in [1.807, 2.05) is 19.2 Å². The second kappa shape index (κ2) is 5.87. The van der Waals surface area contributed by atoms with E-state index in [9.17, 15) is 4.79 Å². The summed E-state index contributed by atoms with van der Waals surface area (Å²) in [4.78, 5) is 14.3. The number of likely N-dealkylation sites (tertiary alicyclic amines) is 1. The Morgan fingerprint density at radius 2 is 2.17 bits per heavy atom. The standard InChI is InChI=1S/C14H19NO3/c1-15-9-5-6-11(10-15)18-14(16)12-7-3-4-8-13(12)17-2/h3-4,7-8,11H,5-6,9-10H2,1-2H3. The highest BCUT2D eigenvalue weighted by molar-refractivity contribution is 5.92. The quantitative estimate of drug-likeness (QED) is 0.767. The minimum absolute atomic E-state index is 0.0128. The van der Waals surface area contributed by atoms with Gasteiger partial charge in [0.15, 0.2) is 0 Å². The van der Waals surface area contributed by atoms with Crippen molar-refractivity contribution in [1.29, 1.82) is 0 Å². The third kappa shape index (κ3) is 3.01. The fraction of sp³-hybridized carbons (Fsp3) is 0.500. The van der Waals surface area contributed by atoms with Crippen LogP contribution in [0.2, 0.25) is 0 Å². The van der Waals surface area contributed by atoms with Gasteiger partial charge in [0.25, 0.3) is 0 Å². The highest BCUT2D eigenvalue weighted by Gasteiger charge is 2.22. The molecule has 0 saturated carbocycles. The maximum Gasteiger partial charge on any atom is 0.342 e. The van der Waals surface area contributed by atoms with Crippen molar-refractivity contribution in [3.8, 4) is 5.75 Å². The van der Waals surface area contributed by atoms with Crippen LogP contribution in [-0.2, 0) is 4.74 Å². The number of hydrogen-bond acceptors (Lipinski definition) is 4. The van der Waals surface area contributed by atoms with E-state index in [1.54, 1.807) is 19.2 Å². The molecule has 1 unspecified atom stereocenters. The average Bonchev–Trinajstić information content (AvgIpc) is 2.38. The van der Waals surface area contributed by atoms with E-state index < -0.39 is 0 Å². The smallest absolute Gasteiger partial charge is 0.342 e. The largest absolute Gasteiger partial charge is 0.496 e. The zero-order valence-electron chi connectivity index (χ0n) is 10.9. The molecule has 1 saturated heterocycles. The van der Waals surface area contributed by atoms with Crippen LogP contribution in [0.4, 0.5) is 0 Å². The van der Waals surface area contributed by atoms with Gasteiger partial charge in [-0.05, 0) is 38.6 Å². The van der Waals surface area contributed by atoms with Crippen molar-refractivity contribution in [3.05, 3.63) is 29.8 Å². The van der Waals surface area contributed by atoms with Gasteiger partial charge in [0.2, 0.25) is 0 Å². The Morgan fingerprint density at radius 1 is 1.39 bits per heavy atom. The lowest BCUT2D eigenvalue weighted by Crippen LogP contribution is -2.38. The topological polar surface area (TPSA) is 38.8 Å². The number of esters is 1. The summed E-state index contributed by atoms with van der Waals surface area (Å²) in [6.45, 7) is 1.88. The summed E-state index contributed by atoms with van der Waals surface area (Å²) in [7, 11) is 3.60. The SMILES string of the molecule is COc1ccccc1C(=O)OC1CCCN(C)C1. The number of carbonyl (C=O) groups excluding carboxylic acids is 1. The summed E-state index contributed by atoms with van der Waals surface area (Å²) in [5.41, 5.74) is 0.494. The number of carbonyl (C=O) groups is 1. The maximum atomic E-state index is 12.1. The van der Waals surface area contributed by atoms with Crippen LogP contribution in [0.1, 0.15) is 23.2 Å². The summed E-state index contributed by atoms with van der Waals surface area (Å²) in [5.74, 6) is 0.263. The van der Waals surface area contributed by atoms with Gasteiger partial charge in [0.05, 0.1) is 7.11 Å². The second-order valence-corrected chi connectivity index (χ2v) is 4.63. The molecule has 0 amide bonds. The second-order valence-electron chi connectivity index (χ2n) is 4.63. The number of piperidine rings is 1. The molecule has 1 atom stereocenters. The van der Waals surface area contributed by atoms with Crippen molar-refractivity contribution in [3.63, 3.8) is 0 Å². The van der Waals surface area contributed by atoms with Crippen LogP contribution in [0.15, 0.2) is 24.3 Å². The van der Waals surface area contributed by atoms with Gasteiger partial charge in [-0.15, -0.1) is 0 Å². The Hall–Kier alpha value is -1.55. The number of methoxy groups -OCH3 is 1. The first-order valence-electron chi connectivity index (χ1n) is 6.23. The molecule has 2 rings (SSSR count). The predicted molar refractivity (Wildman–Crippen MR) is 68.9 cm³/mol. The predicted octanol–water partition coefficient (Wildman–Crippen LogP) is 1.95. The highest BCUT2D eigenvalue weighted by Crippen LogP contribution is 2.20. The first-order chi connectivity index (χ1) is 8.70. The van der Waals surface area contributed by atoms with Gasteiger partial charge in [-0.3, -0.25) is 0 Å². The first kappa shape index (κ1) is 12.9. The van der Waals surface area contributed by atoms with Crippen molar-refractivity contribution in [2.24, 2.45) is 0 Å². The summed E-state index contributed by atoms with van der Waals surface area (Å²) < 4.78 is 10.7. The number of benzene rings is 1. The summed E-state index contributed by atoms with van der Waals surface area (Å²) in [6.07, 6.45) is 1.99. The molecular formula is C14H19NO3. The molecule has 1 aliphatic rings. The molecule has 4 heteroatoms. The van der Waals surface area contributed by atoms with Crippen LogP contribution in [0.25, 0.3) is 0 Å². The zero-order chi connectivity index (χ0) is 13.0. The van der Waals surface area contributed by atoms with E-state index in [0.717, 1.165) is 25.9 Å². The minimum atomic E-state index is -0.298. The number of hydrogen-bond donors (Lipinski definition) is 0. The van der Waals surface area contributed by atoms with E-state index in [0.29, 0.717) is 11.3 Å². The lowest BCUT2D eigenvalue weighted by molar-refractivity contribution is 0.0106. The molecule has 0 aromatic heterocycles. The lowest BCUT2D eigenvalue weighted by Gasteiger charge is -2.29. The molecule has 0 N–H and O–H groups in total. The molecular weight excluding hydrogens is 230 g/mol. The Kier molecular flexibility index (Phi) is 4.20. The third-order valence-electron chi connectivity index (χ3n) is 3.18. The van der Waals surface area contributed by atoms with Gasteiger partial charge in [-0.25, -0.2) is 4.79 Å². The minimum Gasteiger partial charge on any atom is -0.496 e. The molecule has 98 valence electrons. The highest BCUT2D eigenvalue weighted by atomic mass is 16.5. The van der Waals surface area contributed by atoms with E-state index in [4.69, 9.17) is 9.47 Å². The first-order valence-corrected chi connectivity index (χ1v) is 6.23. The summed E-state index contributed by atoms with van der Waals surface area (Å²) >= 11 is 0. The van der Waals surface area contributed by atoms with Crippen LogP contribution >= 0.6 is 0 Å². The molecule has 4 nitrogen and oxygen atoms in total. The number of para-hydroxylation sites is 1. The lowest BCUT2D eigenvalue weighted by atomic mass is 10.1. The van der Waals surface area contributed by atoms with Gasteiger partial charge in [0, 0.05) is 6.54 Å². The fourth-order valence-electron chi connectivity index (χ4n) is 2.24. The van der Waals surface area contributed by atoms with Gasteiger partial charge in [-0.2, -0.15) is 0 Å².